The molecule has 0 aliphatic carbocycles. The van der Waals surface area contributed by atoms with Gasteiger partial charge in [0.2, 0.25) is 0 Å². The summed E-state index contributed by atoms with van der Waals surface area (Å²) in [5.74, 6) is 1.99. The van der Waals surface area contributed by atoms with Gasteiger partial charge in [-0.3, -0.25) is 4.99 Å². The fourth-order valence-corrected chi connectivity index (χ4v) is 1.93. The SMILES string of the molecule is CC(C)CN=C(N)N1CCCOc2ccccc21. The van der Waals surface area contributed by atoms with Gasteiger partial charge in [-0.05, 0) is 24.5 Å². The van der Waals surface area contributed by atoms with Crippen LogP contribution in [-0.4, -0.2) is 25.7 Å². The lowest BCUT2D eigenvalue weighted by atomic mass is 10.2. The topological polar surface area (TPSA) is 50.8 Å². The van der Waals surface area contributed by atoms with Crippen LogP contribution in [-0.2, 0) is 0 Å². The first kappa shape index (κ1) is 12.7. The number of para-hydroxylation sites is 2. The van der Waals surface area contributed by atoms with E-state index < -0.39 is 0 Å². The fraction of sp³-hybridized carbons (Fsp3) is 0.500. The van der Waals surface area contributed by atoms with Crippen LogP contribution in [0.5, 0.6) is 5.75 Å². The quantitative estimate of drug-likeness (QED) is 0.644. The third-order valence-corrected chi connectivity index (χ3v) is 2.83. The van der Waals surface area contributed by atoms with Crippen LogP contribution in [0, 0.1) is 5.92 Å². The average Bonchev–Trinajstić information content (AvgIpc) is 2.58. The summed E-state index contributed by atoms with van der Waals surface area (Å²) >= 11 is 0. The van der Waals surface area contributed by atoms with Gasteiger partial charge >= 0.3 is 0 Å². The molecule has 1 aliphatic heterocycles. The lowest BCUT2D eigenvalue weighted by Crippen LogP contribution is -2.38. The van der Waals surface area contributed by atoms with Crippen molar-refractivity contribution in [3.63, 3.8) is 0 Å². The molecular formula is C14H21N3O. The Morgan fingerprint density at radius 2 is 2.22 bits per heavy atom. The molecule has 2 rings (SSSR count). The Morgan fingerprint density at radius 3 is 3.00 bits per heavy atom. The highest BCUT2D eigenvalue weighted by atomic mass is 16.5. The molecule has 0 bridgehead atoms. The molecule has 1 heterocycles. The second kappa shape index (κ2) is 5.76. The van der Waals surface area contributed by atoms with E-state index in [2.05, 4.69) is 18.8 Å². The number of guanidine groups is 1. The Labute approximate surface area is 108 Å². The van der Waals surface area contributed by atoms with Crippen LogP contribution in [0.2, 0.25) is 0 Å². The summed E-state index contributed by atoms with van der Waals surface area (Å²) in [6.07, 6.45) is 0.951. The molecule has 0 amide bonds. The van der Waals surface area contributed by atoms with Gasteiger partial charge in [-0.2, -0.15) is 0 Å². The molecule has 4 heteroatoms. The minimum absolute atomic E-state index is 0.516. The lowest BCUT2D eigenvalue weighted by molar-refractivity contribution is 0.322. The molecule has 18 heavy (non-hydrogen) atoms. The normalized spacial score (nSPS) is 16.2. The molecule has 0 fully saturated rings. The predicted octanol–water partition coefficient (Wildman–Crippen LogP) is 2.25. The van der Waals surface area contributed by atoms with Crippen molar-refractivity contribution < 1.29 is 4.74 Å². The van der Waals surface area contributed by atoms with Crippen molar-refractivity contribution in [2.24, 2.45) is 16.6 Å². The largest absolute Gasteiger partial charge is 0.491 e. The number of ether oxygens (including phenoxy) is 1. The number of benzene rings is 1. The summed E-state index contributed by atoms with van der Waals surface area (Å²) < 4.78 is 5.70. The second-order valence-corrected chi connectivity index (χ2v) is 4.91. The van der Waals surface area contributed by atoms with E-state index in [0.29, 0.717) is 11.9 Å². The lowest BCUT2D eigenvalue weighted by Gasteiger charge is -2.22. The zero-order valence-corrected chi connectivity index (χ0v) is 11.1. The van der Waals surface area contributed by atoms with E-state index >= 15 is 0 Å². The highest BCUT2D eigenvalue weighted by Crippen LogP contribution is 2.30. The average molecular weight is 247 g/mol. The van der Waals surface area contributed by atoms with Crippen LogP contribution in [0.15, 0.2) is 29.3 Å². The summed E-state index contributed by atoms with van der Waals surface area (Å²) in [5.41, 5.74) is 7.12. The summed E-state index contributed by atoms with van der Waals surface area (Å²) in [5, 5.41) is 0. The van der Waals surface area contributed by atoms with Crippen LogP contribution in [0.25, 0.3) is 0 Å². The zero-order chi connectivity index (χ0) is 13.0. The number of rotatable bonds is 2. The fourth-order valence-electron chi connectivity index (χ4n) is 1.93. The van der Waals surface area contributed by atoms with Crippen molar-refractivity contribution in [1.29, 1.82) is 0 Å². The van der Waals surface area contributed by atoms with Crippen molar-refractivity contribution in [2.75, 3.05) is 24.6 Å². The first-order chi connectivity index (χ1) is 8.68. The molecule has 2 N–H and O–H groups in total. The molecule has 98 valence electrons. The molecule has 0 aromatic heterocycles. The molecule has 4 nitrogen and oxygen atoms in total. The number of fused-ring (bicyclic) bond motifs is 1. The Morgan fingerprint density at radius 1 is 1.44 bits per heavy atom. The first-order valence-electron chi connectivity index (χ1n) is 6.48. The van der Waals surface area contributed by atoms with Gasteiger partial charge in [0.05, 0.1) is 12.3 Å². The predicted molar refractivity (Wildman–Crippen MR) is 75.2 cm³/mol. The minimum Gasteiger partial charge on any atom is -0.491 e. The van der Waals surface area contributed by atoms with Crippen LogP contribution in [0.3, 0.4) is 0 Å². The van der Waals surface area contributed by atoms with Crippen LogP contribution >= 0.6 is 0 Å². The number of hydrogen-bond donors (Lipinski definition) is 1. The monoisotopic (exact) mass is 247 g/mol. The van der Waals surface area contributed by atoms with Crippen LogP contribution < -0.4 is 15.4 Å². The van der Waals surface area contributed by atoms with Gasteiger partial charge in [-0.1, -0.05) is 26.0 Å². The Balaban J connectivity index is 2.24. The van der Waals surface area contributed by atoms with Crippen molar-refractivity contribution in [2.45, 2.75) is 20.3 Å². The molecule has 0 saturated carbocycles. The van der Waals surface area contributed by atoms with Crippen LogP contribution in [0.1, 0.15) is 20.3 Å². The van der Waals surface area contributed by atoms with E-state index in [1.165, 1.54) is 0 Å². The minimum atomic E-state index is 0.516. The van der Waals surface area contributed by atoms with Crippen molar-refractivity contribution in [3.8, 4) is 5.75 Å². The summed E-state index contributed by atoms with van der Waals surface area (Å²) in [6, 6.07) is 7.97. The maximum Gasteiger partial charge on any atom is 0.195 e. The highest BCUT2D eigenvalue weighted by molar-refractivity contribution is 5.96. The van der Waals surface area contributed by atoms with E-state index in [-0.39, 0.29) is 0 Å². The number of aliphatic imine (C=N–C) groups is 1. The van der Waals surface area contributed by atoms with Gasteiger partial charge in [0.25, 0.3) is 0 Å². The van der Waals surface area contributed by atoms with Gasteiger partial charge in [0, 0.05) is 13.1 Å². The van der Waals surface area contributed by atoms with E-state index in [4.69, 9.17) is 10.5 Å². The Kier molecular flexibility index (Phi) is 4.07. The number of nitrogens with two attached hydrogens (primary N) is 1. The molecule has 0 radical (unpaired) electrons. The van der Waals surface area contributed by atoms with E-state index in [1.54, 1.807) is 0 Å². The van der Waals surface area contributed by atoms with Gasteiger partial charge < -0.3 is 15.4 Å². The summed E-state index contributed by atoms with van der Waals surface area (Å²) in [7, 11) is 0. The standard InChI is InChI=1S/C14H21N3O/c1-11(2)10-16-14(15)17-8-5-9-18-13-7-4-3-6-12(13)17/h3-4,6-7,11H,5,8-10H2,1-2H3,(H2,15,16). The second-order valence-electron chi connectivity index (χ2n) is 4.91. The molecule has 0 atom stereocenters. The molecule has 1 aromatic carbocycles. The van der Waals surface area contributed by atoms with Crippen molar-refractivity contribution in [1.82, 2.24) is 0 Å². The summed E-state index contributed by atoms with van der Waals surface area (Å²) in [6.45, 7) is 6.60. The maximum absolute atomic E-state index is 6.10. The molecule has 1 aromatic rings. The van der Waals surface area contributed by atoms with Gasteiger partial charge in [-0.15, -0.1) is 0 Å². The van der Waals surface area contributed by atoms with E-state index in [1.807, 2.05) is 29.2 Å². The smallest absolute Gasteiger partial charge is 0.195 e. The third kappa shape index (κ3) is 2.94. The number of nitrogens with zero attached hydrogens (tertiary/aromatic N) is 2. The molecular weight excluding hydrogens is 226 g/mol. The first-order valence-corrected chi connectivity index (χ1v) is 6.48. The van der Waals surface area contributed by atoms with Gasteiger partial charge in [0.1, 0.15) is 5.75 Å². The zero-order valence-electron chi connectivity index (χ0n) is 11.1. The Hall–Kier alpha value is -1.71. The van der Waals surface area contributed by atoms with Gasteiger partial charge in [0.15, 0.2) is 5.96 Å². The summed E-state index contributed by atoms with van der Waals surface area (Å²) in [4.78, 5) is 6.50. The van der Waals surface area contributed by atoms with Crippen LogP contribution in [0.4, 0.5) is 5.69 Å². The van der Waals surface area contributed by atoms with E-state index in [0.717, 1.165) is 37.6 Å². The van der Waals surface area contributed by atoms with Gasteiger partial charge in [-0.25, -0.2) is 0 Å². The Bertz CT molecular complexity index is 429. The molecule has 0 saturated heterocycles. The third-order valence-electron chi connectivity index (χ3n) is 2.83. The van der Waals surface area contributed by atoms with E-state index in [9.17, 15) is 0 Å². The number of anilines is 1. The maximum atomic E-state index is 6.10. The molecule has 1 aliphatic rings. The molecule has 0 unspecified atom stereocenters. The van der Waals surface area contributed by atoms with Crippen molar-refractivity contribution >= 4 is 11.6 Å². The number of hydrogen-bond acceptors (Lipinski definition) is 2. The molecule has 0 spiro atoms. The van der Waals surface area contributed by atoms with Crippen molar-refractivity contribution in [3.05, 3.63) is 24.3 Å². The highest BCUT2D eigenvalue weighted by Gasteiger charge is 2.18.